The predicted octanol–water partition coefficient (Wildman–Crippen LogP) is 2.76. The van der Waals surface area contributed by atoms with Crippen LogP contribution in [0.5, 0.6) is 0 Å². The molecule has 0 spiro atoms. The Hall–Kier alpha value is -1.06. The first kappa shape index (κ1) is 16.0. The Morgan fingerprint density at radius 3 is 2.79 bits per heavy atom. The molecular formula is C15H23ClN2O. The molecule has 2 N–H and O–H groups in total. The molecule has 1 aromatic rings. The Labute approximate surface area is 121 Å². The van der Waals surface area contributed by atoms with E-state index in [0.29, 0.717) is 18.9 Å². The van der Waals surface area contributed by atoms with E-state index in [1.165, 1.54) is 16.7 Å². The lowest BCUT2D eigenvalue weighted by Crippen LogP contribution is -2.22. The summed E-state index contributed by atoms with van der Waals surface area (Å²) in [4.78, 5) is 11.6. The molecule has 0 radical (unpaired) electrons. The summed E-state index contributed by atoms with van der Waals surface area (Å²) in [7, 11) is 0. The summed E-state index contributed by atoms with van der Waals surface area (Å²) in [5.74, 6) is 0.740. The zero-order valence-corrected chi connectivity index (χ0v) is 12.5. The maximum Gasteiger partial charge on any atom is 0.220 e. The van der Waals surface area contributed by atoms with Gasteiger partial charge in [0, 0.05) is 26.1 Å². The van der Waals surface area contributed by atoms with Crippen LogP contribution in [0.2, 0.25) is 0 Å². The maximum atomic E-state index is 11.6. The summed E-state index contributed by atoms with van der Waals surface area (Å²) >= 11 is 0. The van der Waals surface area contributed by atoms with Crippen LogP contribution in [0.25, 0.3) is 0 Å². The van der Waals surface area contributed by atoms with Crippen molar-refractivity contribution < 1.29 is 4.79 Å². The third kappa shape index (κ3) is 4.84. The van der Waals surface area contributed by atoms with Crippen molar-refractivity contribution in [1.82, 2.24) is 10.6 Å². The van der Waals surface area contributed by atoms with Gasteiger partial charge in [-0.05, 0) is 29.0 Å². The Bertz CT molecular complexity index is 432. The van der Waals surface area contributed by atoms with Crippen molar-refractivity contribution in [2.24, 2.45) is 5.92 Å². The molecule has 0 bridgehead atoms. The number of amides is 1. The fraction of sp³-hybridized carbons (Fsp3) is 0.533. The van der Waals surface area contributed by atoms with E-state index < -0.39 is 0 Å². The normalized spacial score (nSPS) is 13.0. The molecule has 0 aliphatic carbocycles. The van der Waals surface area contributed by atoms with Crippen molar-refractivity contribution in [3.05, 3.63) is 34.9 Å². The van der Waals surface area contributed by atoms with Gasteiger partial charge in [-0.1, -0.05) is 32.0 Å². The van der Waals surface area contributed by atoms with Crippen LogP contribution in [0.1, 0.15) is 43.4 Å². The lowest BCUT2D eigenvalue weighted by atomic mass is 10.1. The molecule has 19 heavy (non-hydrogen) atoms. The predicted molar refractivity (Wildman–Crippen MR) is 80.2 cm³/mol. The van der Waals surface area contributed by atoms with E-state index in [9.17, 15) is 4.79 Å². The van der Waals surface area contributed by atoms with Crippen LogP contribution in [-0.4, -0.2) is 5.91 Å². The van der Waals surface area contributed by atoms with Gasteiger partial charge in [0.05, 0.1) is 0 Å². The van der Waals surface area contributed by atoms with E-state index in [1.54, 1.807) is 0 Å². The first-order chi connectivity index (χ1) is 8.65. The molecule has 1 amide bonds. The first-order valence-corrected chi connectivity index (χ1v) is 6.73. The van der Waals surface area contributed by atoms with Gasteiger partial charge in [-0.25, -0.2) is 0 Å². The molecule has 106 valence electrons. The standard InChI is InChI=1S/C15H22N2O.ClH/c1-11(2)3-6-15(18)17-8-12-4-5-13-9-16-10-14(13)7-12;/h4-5,7,11,16H,3,6,8-10H2,1-2H3,(H,17,18);1H. The van der Waals surface area contributed by atoms with Crippen molar-refractivity contribution in [2.75, 3.05) is 0 Å². The largest absolute Gasteiger partial charge is 0.352 e. The van der Waals surface area contributed by atoms with Gasteiger partial charge >= 0.3 is 0 Å². The summed E-state index contributed by atoms with van der Waals surface area (Å²) in [5.41, 5.74) is 3.93. The lowest BCUT2D eigenvalue weighted by Gasteiger charge is -2.08. The van der Waals surface area contributed by atoms with Gasteiger partial charge in [0.1, 0.15) is 0 Å². The molecule has 1 aliphatic rings. The molecule has 0 fully saturated rings. The third-order valence-electron chi connectivity index (χ3n) is 3.34. The molecule has 1 aliphatic heterocycles. The van der Waals surface area contributed by atoms with E-state index in [-0.39, 0.29) is 18.3 Å². The molecule has 1 heterocycles. The summed E-state index contributed by atoms with van der Waals surface area (Å²) in [6.45, 7) is 6.84. The number of hydrogen-bond acceptors (Lipinski definition) is 2. The molecule has 0 saturated heterocycles. The second-order valence-corrected chi connectivity index (χ2v) is 5.42. The Balaban J connectivity index is 0.00000180. The van der Waals surface area contributed by atoms with Crippen LogP contribution >= 0.6 is 12.4 Å². The Morgan fingerprint density at radius 1 is 1.32 bits per heavy atom. The molecule has 3 nitrogen and oxygen atoms in total. The minimum atomic E-state index is 0. The zero-order chi connectivity index (χ0) is 13.0. The van der Waals surface area contributed by atoms with Crippen molar-refractivity contribution >= 4 is 18.3 Å². The van der Waals surface area contributed by atoms with E-state index in [2.05, 4.69) is 42.7 Å². The topological polar surface area (TPSA) is 41.1 Å². The molecule has 0 unspecified atom stereocenters. The van der Waals surface area contributed by atoms with E-state index in [1.807, 2.05) is 0 Å². The average molecular weight is 283 g/mol. The summed E-state index contributed by atoms with van der Waals surface area (Å²) < 4.78 is 0. The number of hydrogen-bond donors (Lipinski definition) is 2. The molecule has 0 atom stereocenters. The number of carbonyl (C=O) groups excluding carboxylic acids is 1. The molecule has 0 aromatic heterocycles. The second-order valence-electron chi connectivity index (χ2n) is 5.42. The molecule has 2 rings (SSSR count). The van der Waals surface area contributed by atoms with Crippen LogP contribution in [0.3, 0.4) is 0 Å². The van der Waals surface area contributed by atoms with Crippen LogP contribution in [-0.2, 0) is 24.4 Å². The van der Waals surface area contributed by atoms with Crippen molar-refractivity contribution in [3.63, 3.8) is 0 Å². The van der Waals surface area contributed by atoms with Crippen molar-refractivity contribution in [2.45, 2.75) is 46.3 Å². The SMILES string of the molecule is CC(C)CCC(=O)NCc1ccc2c(c1)CNC2.Cl. The highest BCUT2D eigenvalue weighted by Crippen LogP contribution is 2.16. The van der Waals surface area contributed by atoms with Gasteiger partial charge in [-0.2, -0.15) is 0 Å². The summed E-state index contributed by atoms with van der Waals surface area (Å²) in [6.07, 6.45) is 1.59. The fourth-order valence-electron chi connectivity index (χ4n) is 2.17. The van der Waals surface area contributed by atoms with Crippen molar-refractivity contribution in [3.8, 4) is 0 Å². The van der Waals surface area contributed by atoms with Gasteiger partial charge in [0.2, 0.25) is 5.91 Å². The zero-order valence-electron chi connectivity index (χ0n) is 11.7. The average Bonchev–Trinajstić information content (AvgIpc) is 2.81. The van der Waals surface area contributed by atoms with E-state index in [4.69, 9.17) is 0 Å². The summed E-state index contributed by atoms with van der Waals surface area (Å²) in [5, 5.41) is 6.31. The van der Waals surface area contributed by atoms with Crippen LogP contribution in [0, 0.1) is 5.92 Å². The van der Waals surface area contributed by atoms with Crippen LogP contribution in [0.4, 0.5) is 0 Å². The second kappa shape index (κ2) is 7.51. The fourth-order valence-corrected chi connectivity index (χ4v) is 2.17. The van der Waals surface area contributed by atoms with E-state index in [0.717, 1.165) is 19.5 Å². The molecule has 1 aromatic carbocycles. The quantitative estimate of drug-likeness (QED) is 0.872. The lowest BCUT2D eigenvalue weighted by molar-refractivity contribution is -0.121. The number of halogens is 1. The minimum absolute atomic E-state index is 0. The van der Waals surface area contributed by atoms with Crippen LogP contribution in [0.15, 0.2) is 18.2 Å². The highest BCUT2D eigenvalue weighted by atomic mass is 35.5. The number of fused-ring (bicyclic) bond motifs is 1. The number of nitrogens with one attached hydrogen (secondary N) is 2. The number of rotatable bonds is 5. The van der Waals surface area contributed by atoms with Gasteiger partial charge in [-0.3, -0.25) is 4.79 Å². The van der Waals surface area contributed by atoms with E-state index >= 15 is 0 Å². The highest BCUT2D eigenvalue weighted by molar-refractivity contribution is 5.85. The monoisotopic (exact) mass is 282 g/mol. The number of carbonyl (C=O) groups is 1. The third-order valence-corrected chi connectivity index (χ3v) is 3.34. The molecule has 4 heteroatoms. The van der Waals surface area contributed by atoms with Gasteiger partial charge < -0.3 is 10.6 Å². The minimum Gasteiger partial charge on any atom is -0.352 e. The highest BCUT2D eigenvalue weighted by Gasteiger charge is 2.10. The maximum absolute atomic E-state index is 11.6. The van der Waals surface area contributed by atoms with Gasteiger partial charge in [0.15, 0.2) is 0 Å². The Kier molecular flexibility index (Phi) is 6.32. The van der Waals surface area contributed by atoms with Gasteiger partial charge in [0.25, 0.3) is 0 Å². The van der Waals surface area contributed by atoms with Gasteiger partial charge in [-0.15, -0.1) is 12.4 Å². The molecular weight excluding hydrogens is 260 g/mol. The summed E-state index contributed by atoms with van der Waals surface area (Å²) in [6, 6.07) is 6.46. The van der Waals surface area contributed by atoms with Crippen LogP contribution < -0.4 is 10.6 Å². The molecule has 0 saturated carbocycles. The van der Waals surface area contributed by atoms with Crippen molar-refractivity contribution in [1.29, 1.82) is 0 Å². The smallest absolute Gasteiger partial charge is 0.220 e. The Morgan fingerprint density at radius 2 is 2.05 bits per heavy atom. The first-order valence-electron chi connectivity index (χ1n) is 6.73. The number of benzene rings is 1.